The summed E-state index contributed by atoms with van der Waals surface area (Å²) in [6.45, 7) is 6.03. The van der Waals surface area contributed by atoms with E-state index < -0.39 is 0 Å². The first-order valence-corrected chi connectivity index (χ1v) is 7.47. The molecule has 2 atom stereocenters. The first kappa shape index (κ1) is 15.1. The molecular weight excluding hydrogens is 254 g/mol. The molecule has 0 amide bonds. The van der Waals surface area contributed by atoms with Crippen molar-refractivity contribution in [2.75, 3.05) is 13.2 Å². The van der Waals surface area contributed by atoms with Crippen LogP contribution in [0.2, 0.25) is 0 Å². The van der Waals surface area contributed by atoms with Gasteiger partial charge in [0.1, 0.15) is 0 Å². The summed E-state index contributed by atoms with van der Waals surface area (Å²) in [6, 6.07) is 6.06. The molecule has 4 nitrogen and oxygen atoms in total. The van der Waals surface area contributed by atoms with E-state index in [0.717, 1.165) is 31.4 Å². The topological polar surface area (TPSA) is 52.9 Å². The van der Waals surface area contributed by atoms with Gasteiger partial charge in [0.15, 0.2) is 11.5 Å². The summed E-state index contributed by atoms with van der Waals surface area (Å²) in [7, 11) is 0. The van der Waals surface area contributed by atoms with Crippen LogP contribution in [0.1, 0.15) is 38.7 Å². The van der Waals surface area contributed by atoms with Crippen LogP contribution in [0.25, 0.3) is 0 Å². The summed E-state index contributed by atoms with van der Waals surface area (Å²) in [5, 5.41) is 19.8. The monoisotopic (exact) mass is 279 g/mol. The molecule has 1 saturated heterocycles. The average molecular weight is 279 g/mol. The molecule has 0 aromatic heterocycles. The predicted octanol–water partition coefficient (Wildman–Crippen LogP) is 2.53. The van der Waals surface area contributed by atoms with Gasteiger partial charge in [-0.15, -0.1) is 0 Å². The number of aliphatic hydroxyl groups is 1. The molecule has 1 aliphatic rings. The summed E-state index contributed by atoms with van der Waals surface area (Å²) in [5.74, 6) is 0.799. The fourth-order valence-electron chi connectivity index (χ4n) is 2.95. The maximum Gasteiger partial charge on any atom is 0.162 e. The minimum atomic E-state index is -0.274. The largest absolute Gasteiger partial charge is 0.504 e. The predicted molar refractivity (Wildman–Crippen MR) is 79.0 cm³/mol. The van der Waals surface area contributed by atoms with Crippen molar-refractivity contribution in [2.24, 2.45) is 0 Å². The van der Waals surface area contributed by atoms with E-state index in [0.29, 0.717) is 24.9 Å². The van der Waals surface area contributed by atoms with E-state index in [-0.39, 0.29) is 11.9 Å². The third-order valence-electron chi connectivity index (χ3n) is 3.87. The van der Waals surface area contributed by atoms with Crippen LogP contribution in [0, 0.1) is 0 Å². The lowest BCUT2D eigenvalue weighted by molar-refractivity contribution is 0.130. The molecule has 20 heavy (non-hydrogen) atoms. The highest BCUT2D eigenvalue weighted by Crippen LogP contribution is 2.32. The Morgan fingerprint density at radius 2 is 2.25 bits per heavy atom. The molecule has 0 aliphatic carbocycles. The van der Waals surface area contributed by atoms with Crippen molar-refractivity contribution in [2.45, 2.75) is 51.8 Å². The molecule has 1 aliphatic heterocycles. The number of phenols is 1. The van der Waals surface area contributed by atoms with Gasteiger partial charge >= 0.3 is 0 Å². The summed E-state index contributed by atoms with van der Waals surface area (Å²) in [4.78, 5) is 2.34. The Balaban J connectivity index is 2.07. The van der Waals surface area contributed by atoms with Gasteiger partial charge in [0.25, 0.3) is 0 Å². The van der Waals surface area contributed by atoms with E-state index in [2.05, 4.69) is 4.90 Å². The lowest BCUT2D eigenvalue weighted by atomic mass is 10.1. The number of nitrogens with zero attached hydrogens (tertiary/aromatic N) is 1. The van der Waals surface area contributed by atoms with E-state index in [1.807, 2.05) is 26.0 Å². The van der Waals surface area contributed by atoms with Crippen LogP contribution in [0.4, 0.5) is 0 Å². The third kappa shape index (κ3) is 3.64. The normalized spacial score (nSPS) is 21.1. The second-order valence-electron chi connectivity index (χ2n) is 5.55. The van der Waals surface area contributed by atoms with E-state index in [1.54, 1.807) is 6.07 Å². The van der Waals surface area contributed by atoms with E-state index in [1.165, 1.54) is 0 Å². The maximum absolute atomic E-state index is 10.2. The molecule has 1 aromatic carbocycles. The molecule has 1 heterocycles. The Hall–Kier alpha value is -1.26. The number of benzene rings is 1. The number of ether oxygens (including phenoxy) is 1. The maximum atomic E-state index is 10.2. The first-order chi connectivity index (χ1) is 9.61. The summed E-state index contributed by atoms with van der Waals surface area (Å²) in [5.41, 5.74) is 0.897. The second-order valence-corrected chi connectivity index (χ2v) is 5.55. The molecule has 0 radical (unpaired) electrons. The summed E-state index contributed by atoms with van der Waals surface area (Å²) < 4.78 is 5.42. The van der Waals surface area contributed by atoms with E-state index >= 15 is 0 Å². The van der Waals surface area contributed by atoms with Crippen molar-refractivity contribution in [3.05, 3.63) is 23.8 Å². The lowest BCUT2D eigenvalue weighted by Gasteiger charge is -2.26. The van der Waals surface area contributed by atoms with Crippen LogP contribution >= 0.6 is 0 Å². The summed E-state index contributed by atoms with van der Waals surface area (Å²) >= 11 is 0. The molecule has 1 fully saturated rings. The zero-order chi connectivity index (χ0) is 14.5. The minimum absolute atomic E-state index is 0.247. The van der Waals surface area contributed by atoms with Crippen LogP contribution in [0.15, 0.2) is 18.2 Å². The molecule has 112 valence electrons. The van der Waals surface area contributed by atoms with Crippen molar-refractivity contribution in [1.82, 2.24) is 4.90 Å². The van der Waals surface area contributed by atoms with Crippen molar-refractivity contribution >= 4 is 0 Å². The molecule has 0 bridgehead atoms. The molecule has 0 saturated carbocycles. The highest BCUT2D eigenvalue weighted by atomic mass is 16.5. The Kier molecular flexibility index (Phi) is 5.26. The number of rotatable bonds is 6. The Labute approximate surface area is 121 Å². The molecule has 0 spiro atoms. The number of aromatic hydroxyl groups is 1. The van der Waals surface area contributed by atoms with Crippen LogP contribution in [0.5, 0.6) is 11.5 Å². The Morgan fingerprint density at radius 3 is 2.95 bits per heavy atom. The van der Waals surface area contributed by atoms with Gasteiger partial charge in [-0.2, -0.15) is 0 Å². The number of aliphatic hydroxyl groups excluding tert-OH is 1. The molecule has 4 heteroatoms. The van der Waals surface area contributed by atoms with Gasteiger partial charge in [-0.3, -0.25) is 4.90 Å². The standard InChI is InChI=1S/C16H25NO3/c1-3-20-15-8-4-6-13(16(15)19)11-17-9-5-7-14(17)10-12(2)18/h4,6,8,12,14,18-19H,3,5,7,9-11H2,1-2H3. The zero-order valence-corrected chi connectivity index (χ0v) is 12.4. The molecule has 2 rings (SSSR count). The van der Waals surface area contributed by atoms with Crippen molar-refractivity contribution in [1.29, 1.82) is 0 Å². The number of likely N-dealkylation sites (tertiary alicyclic amines) is 1. The van der Waals surface area contributed by atoms with Gasteiger partial charge < -0.3 is 14.9 Å². The summed E-state index contributed by atoms with van der Waals surface area (Å²) in [6.07, 6.45) is 2.80. The lowest BCUT2D eigenvalue weighted by Crippen LogP contribution is -2.31. The number of para-hydroxylation sites is 1. The molecular formula is C16H25NO3. The molecule has 2 unspecified atom stereocenters. The average Bonchev–Trinajstić information content (AvgIpc) is 2.81. The van der Waals surface area contributed by atoms with Crippen LogP contribution in [-0.2, 0) is 6.54 Å². The van der Waals surface area contributed by atoms with Crippen molar-refractivity contribution < 1.29 is 14.9 Å². The van der Waals surface area contributed by atoms with E-state index in [9.17, 15) is 10.2 Å². The third-order valence-corrected chi connectivity index (χ3v) is 3.87. The van der Waals surface area contributed by atoms with Gasteiger partial charge in [-0.05, 0) is 45.7 Å². The fourth-order valence-corrected chi connectivity index (χ4v) is 2.95. The molecule has 2 N–H and O–H groups in total. The number of hydrogen-bond donors (Lipinski definition) is 2. The minimum Gasteiger partial charge on any atom is -0.504 e. The number of hydrogen-bond acceptors (Lipinski definition) is 4. The highest BCUT2D eigenvalue weighted by molar-refractivity contribution is 5.45. The van der Waals surface area contributed by atoms with Crippen LogP contribution < -0.4 is 4.74 Å². The Bertz CT molecular complexity index is 434. The van der Waals surface area contributed by atoms with Crippen molar-refractivity contribution in [3.8, 4) is 11.5 Å². The smallest absolute Gasteiger partial charge is 0.162 e. The van der Waals surface area contributed by atoms with Crippen molar-refractivity contribution in [3.63, 3.8) is 0 Å². The van der Waals surface area contributed by atoms with E-state index in [4.69, 9.17) is 4.74 Å². The second kappa shape index (κ2) is 6.95. The zero-order valence-electron chi connectivity index (χ0n) is 12.4. The highest BCUT2D eigenvalue weighted by Gasteiger charge is 2.26. The quantitative estimate of drug-likeness (QED) is 0.840. The number of phenolic OH excluding ortho intramolecular Hbond substituents is 1. The van der Waals surface area contributed by atoms with Gasteiger partial charge in [-0.25, -0.2) is 0 Å². The SMILES string of the molecule is CCOc1cccc(CN2CCCC2CC(C)O)c1O. The van der Waals surface area contributed by atoms with Gasteiger partial charge in [0.05, 0.1) is 12.7 Å². The first-order valence-electron chi connectivity index (χ1n) is 7.47. The molecule has 1 aromatic rings. The van der Waals surface area contributed by atoms with Gasteiger partial charge in [0, 0.05) is 18.2 Å². The van der Waals surface area contributed by atoms with Crippen LogP contribution in [0.3, 0.4) is 0 Å². The van der Waals surface area contributed by atoms with Gasteiger partial charge in [-0.1, -0.05) is 12.1 Å². The van der Waals surface area contributed by atoms with Crippen LogP contribution in [-0.4, -0.2) is 40.4 Å². The Morgan fingerprint density at radius 1 is 1.45 bits per heavy atom. The fraction of sp³-hybridized carbons (Fsp3) is 0.625. The van der Waals surface area contributed by atoms with Gasteiger partial charge in [0.2, 0.25) is 0 Å².